The molecule has 2 heterocycles. The Morgan fingerprint density at radius 3 is 2.50 bits per heavy atom. The third-order valence-corrected chi connectivity index (χ3v) is 3.43. The SMILES string of the molecule is CCc1ccc([C@@H](Nc2ccc([N+](=O)[O-])cn2)C(C)(C)C)o1. The number of pyridine rings is 1. The van der Waals surface area contributed by atoms with Crippen LogP contribution in [0.15, 0.2) is 34.9 Å². The number of aryl methyl sites for hydroxylation is 1. The fourth-order valence-corrected chi connectivity index (χ4v) is 2.18. The maximum Gasteiger partial charge on any atom is 0.287 e. The van der Waals surface area contributed by atoms with Crippen molar-refractivity contribution in [2.24, 2.45) is 5.41 Å². The second-order valence-corrected chi connectivity index (χ2v) is 6.26. The number of hydrogen-bond acceptors (Lipinski definition) is 5. The quantitative estimate of drug-likeness (QED) is 0.656. The summed E-state index contributed by atoms with van der Waals surface area (Å²) in [7, 11) is 0. The van der Waals surface area contributed by atoms with Gasteiger partial charge in [-0.05, 0) is 23.6 Å². The summed E-state index contributed by atoms with van der Waals surface area (Å²) in [6, 6.07) is 6.91. The second kappa shape index (κ2) is 6.17. The molecular weight excluding hydrogens is 282 g/mol. The van der Waals surface area contributed by atoms with Crippen molar-refractivity contribution < 1.29 is 9.34 Å². The lowest BCUT2D eigenvalue weighted by atomic mass is 9.85. The molecule has 22 heavy (non-hydrogen) atoms. The highest BCUT2D eigenvalue weighted by atomic mass is 16.6. The predicted octanol–water partition coefficient (Wildman–Crippen LogP) is 4.34. The van der Waals surface area contributed by atoms with Gasteiger partial charge in [-0.2, -0.15) is 0 Å². The standard InChI is InChI=1S/C16H21N3O3/c1-5-12-7-8-13(22-12)15(16(2,3)4)18-14-9-6-11(10-17-14)19(20)21/h6-10,15H,5H2,1-4H3,(H,17,18)/t15-/m1/s1. The highest BCUT2D eigenvalue weighted by Gasteiger charge is 2.29. The van der Waals surface area contributed by atoms with Crippen LogP contribution in [0.3, 0.4) is 0 Å². The molecule has 0 amide bonds. The van der Waals surface area contributed by atoms with Crippen LogP contribution in [0.25, 0.3) is 0 Å². The first-order valence-electron chi connectivity index (χ1n) is 7.27. The molecule has 2 aromatic heterocycles. The first-order valence-corrected chi connectivity index (χ1v) is 7.27. The summed E-state index contributed by atoms with van der Waals surface area (Å²) in [4.78, 5) is 14.3. The van der Waals surface area contributed by atoms with Gasteiger partial charge in [0, 0.05) is 12.5 Å². The van der Waals surface area contributed by atoms with Crippen molar-refractivity contribution in [3.63, 3.8) is 0 Å². The van der Waals surface area contributed by atoms with E-state index in [-0.39, 0.29) is 17.1 Å². The zero-order valence-corrected chi connectivity index (χ0v) is 13.3. The van der Waals surface area contributed by atoms with E-state index in [1.165, 1.54) is 12.3 Å². The molecule has 6 nitrogen and oxygen atoms in total. The molecule has 0 aliphatic heterocycles. The lowest BCUT2D eigenvalue weighted by molar-refractivity contribution is -0.385. The topological polar surface area (TPSA) is 81.2 Å². The Labute approximate surface area is 129 Å². The summed E-state index contributed by atoms with van der Waals surface area (Å²) < 4.78 is 5.86. The Morgan fingerprint density at radius 1 is 1.32 bits per heavy atom. The molecule has 0 spiro atoms. The van der Waals surface area contributed by atoms with E-state index in [2.05, 4.69) is 31.1 Å². The lowest BCUT2D eigenvalue weighted by Gasteiger charge is -2.30. The maximum absolute atomic E-state index is 10.7. The zero-order valence-electron chi connectivity index (χ0n) is 13.3. The molecule has 2 aromatic rings. The fourth-order valence-electron chi connectivity index (χ4n) is 2.18. The van der Waals surface area contributed by atoms with E-state index in [1.54, 1.807) is 6.07 Å². The van der Waals surface area contributed by atoms with Gasteiger partial charge in [0.1, 0.15) is 23.5 Å². The number of hydrogen-bond donors (Lipinski definition) is 1. The summed E-state index contributed by atoms with van der Waals surface area (Å²) in [6.45, 7) is 8.35. The Kier molecular flexibility index (Phi) is 4.49. The molecule has 0 aromatic carbocycles. The van der Waals surface area contributed by atoms with E-state index in [0.717, 1.165) is 17.9 Å². The lowest BCUT2D eigenvalue weighted by Crippen LogP contribution is -2.25. The van der Waals surface area contributed by atoms with Crippen LogP contribution < -0.4 is 5.32 Å². The van der Waals surface area contributed by atoms with E-state index >= 15 is 0 Å². The summed E-state index contributed by atoms with van der Waals surface area (Å²) >= 11 is 0. The van der Waals surface area contributed by atoms with E-state index in [1.807, 2.05) is 19.1 Å². The smallest absolute Gasteiger partial charge is 0.287 e. The molecule has 6 heteroatoms. The van der Waals surface area contributed by atoms with Crippen molar-refractivity contribution in [3.8, 4) is 0 Å². The highest BCUT2D eigenvalue weighted by molar-refractivity contribution is 5.42. The average Bonchev–Trinajstić information content (AvgIpc) is 2.92. The van der Waals surface area contributed by atoms with Gasteiger partial charge in [0.25, 0.3) is 5.69 Å². The van der Waals surface area contributed by atoms with Crippen LogP contribution in [0.4, 0.5) is 11.5 Å². The molecule has 0 bridgehead atoms. The van der Waals surface area contributed by atoms with Gasteiger partial charge in [-0.1, -0.05) is 27.7 Å². The normalized spacial score (nSPS) is 12.9. The summed E-state index contributed by atoms with van der Waals surface area (Å²) in [5.41, 5.74) is -0.129. The molecule has 1 N–H and O–H groups in total. The minimum absolute atomic E-state index is 0.0240. The molecular formula is C16H21N3O3. The number of nitrogens with zero attached hydrogens (tertiary/aromatic N) is 2. The minimum Gasteiger partial charge on any atom is -0.464 e. The number of furan rings is 1. The van der Waals surface area contributed by atoms with Gasteiger partial charge in [-0.3, -0.25) is 10.1 Å². The van der Waals surface area contributed by atoms with Crippen molar-refractivity contribution in [1.82, 2.24) is 4.98 Å². The Hall–Kier alpha value is -2.37. The molecule has 0 unspecified atom stereocenters. The monoisotopic (exact) mass is 303 g/mol. The van der Waals surface area contributed by atoms with Crippen molar-refractivity contribution >= 4 is 11.5 Å². The van der Waals surface area contributed by atoms with Crippen LogP contribution in [0, 0.1) is 15.5 Å². The van der Waals surface area contributed by atoms with Gasteiger partial charge in [0.2, 0.25) is 0 Å². The Bertz CT molecular complexity index is 641. The van der Waals surface area contributed by atoms with Crippen molar-refractivity contribution in [2.75, 3.05) is 5.32 Å². The van der Waals surface area contributed by atoms with E-state index < -0.39 is 4.92 Å². The van der Waals surface area contributed by atoms with Crippen LogP contribution in [0.5, 0.6) is 0 Å². The van der Waals surface area contributed by atoms with Crippen LogP contribution in [-0.4, -0.2) is 9.91 Å². The Morgan fingerprint density at radius 2 is 2.05 bits per heavy atom. The largest absolute Gasteiger partial charge is 0.464 e. The molecule has 0 fully saturated rings. The first-order chi connectivity index (χ1) is 10.3. The van der Waals surface area contributed by atoms with Crippen molar-refractivity contribution in [1.29, 1.82) is 0 Å². The van der Waals surface area contributed by atoms with Crippen molar-refractivity contribution in [2.45, 2.75) is 40.2 Å². The third-order valence-electron chi connectivity index (χ3n) is 3.43. The van der Waals surface area contributed by atoms with Gasteiger partial charge in [-0.25, -0.2) is 4.98 Å². The average molecular weight is 303 g/mol. The Balaban J connectivity index is 2.25. The molecule has 1 atom stereocenters. The van der Waals surface area contributed by atoms with Gasteiger partial charge in [0.15, 0.2) is 0 Å². The fraction of sp³-hybridized carbons (Fsp3) is 0.438. The molecule has 0 aliphatic carbocycles. The number of aromatic nitrogens is 1. The summed E-state index contributed by atoms with van der Waals surface area (Å²) in [6.07, 6.45) is 2.09. The van der Waals surface area contributed by atoms with E-state index in [4.69, 9.17) is 4.42 Å². The number of anilines is 1. The molecule has 2 rings (SSSR count). The molecule has 0 saturated carbocycles. The predicted molar refractivity (Wildman–Crippen MR) is 84.8 cm³/mol. The molecule has 0 radical (unpaired) electrons. The van der Waals surface area contributed by atoms with E-state index in [0.29, 0.717) is 5.82 Å². The second-order valence-electron chi connectivity index (χ2n) is 6.26. The zero-order chi connectivity index (χ0) is 16.3. The third kappa shape index (κ3) is 3.63. The number of rotatable bonds is 5. The van der Waals surface area contributed by atoms with Gasteiger partial charge in [-0.15, -0.1) is 0 Å². The van der Waals surface area contributed by atoms with Crippen LogP contribution in [-0.2, 0) is 6.42 Å². The first kappa shape index (κ1) is 16.0. The highest BCUT2D eigenvalue weighted by Crippen LogP contribution is 2.36. The maximum atomic E-state index is 10.7. The van der Waals surface area contributed by atoms with Crippen LogP contribution in [0.2, 0.25) is 0 Å². The number of nitrogens with one attached hydrogen (secondary N) is 1. The van der Waals surface area contributed by atoms with Gasteiger partial charge in [0.05, 0.1) is 11.0 Å². The van der Waals surface area contributed by atoms with Crippen LogP contribution >= 0.6 is 0 Å². The minimum atomic E-state index is -0.460. The van der Waals surface area contributed by atoms with Crippen LogP contribution in [0.1, 0.15) is 45.3 Å². The number of nitro groups is 1. The molecule has 0 saturated heterocycles. The van der Waals surface area contributed by atoms with E-state index in [9.17, 15) is 10.1 Å². The summed E-state index contributed by atoms with van der Waals surface area (Å²) in [5.74, 6) is 2.35. The summed E-state index contributed by atoms with van der Waals surface area (Å²) in [5, 5.41) is 14.0. The van der Waals surface area contributed by atoms with Gasteiger partial charge >= 0.3 is 0 Å². The molecule has 118 valence electrons. The van der Waals surface area contributed by atoms with Gasteiger partial charge < -0.3 is 9.73 Å². The molecule has 0 aliphatic rings. The van der Waals surface area contributed by atoms with Crippen molar-refractivity contribution in [3.05, 3.63) is 52.1 Å².